The molecule has 1 rings (SSSR count). The summed E-state index contributed by atoms with van der Waals surface area (Å²) in [5.41, 5.74) is 5.62. The third-order valence-electron chi connectivity index (χ3n) is 3.57. The van der Waals surface area contributed by atoms with Crippen molar-refractivity contribution in [2.24, 2.45) is 5.73 Å². The standard InChI is InChI=1S/C15H24BNO5/c17-15(14(18)19,8-4-5-10-16(20)21)9-11-22-12-13-6-2-1-3-7-13/h1-3,6-7,20-21H,4-5,8-12,17H2,(H,18,19). The van der Waals surface area contributed by atoms with Crippen molar-refractivity contribution in [3.05, 3.63) is 35.9 Å². The van der Waals surface area contributed by atoms with Gasteiger partial charge < -0.3 is 25.6 Å². The summed E-state index contributed by atoms with van der Waals surface area (Å²) in [7, 11) is -1.36. The SMILES string of the molecule is NC(CCCCB(O)O)(CCOCc1ccccc1)C(=O)O. The first-order valence-electron chi connectivity index (χ1n) is 7.44. The maximum absolute atomic E-state index is 11.3. The monoisotopic (exact) mass is 309 g/mol. The minimum atomic E-state index is -1.36. The molecule has 1 aromatic carbocycles. The van der Waals surface area contributed by atoms with Crippen LogP contribution in [0, 0.1) is 0 Å². The number of nitrogens with two attached hydrogens (primary N) is 1. The average molecular weight is 309 g/mol. The molecule has 0 bridgehead atoms. The van der Waals surface area contributed by atoms with E-state index in [1.165, 1.54) is 0 Å². The molecule has 7 heteroatoms. The predicted molar refractivity (Wildman–Crippen MR) is 84.1 cm³/mol. The molecule has 0 aliphatic heterocycles. The second-order valence-corrected chi connectivity index (χ2v) is 5.48. The summed E-state index contributed by atoms with van der Waals surface area (Å²) in [6.07, 6.45) is 1.77. The molecule has 6 nitrogen and oxygen atoms in total. The van der Waals surface area contributed by atoms with Crippen LogP contribution < -0.4 is 5.73 Å². The normalized spacial score (nSPS) is 13.6. The number of ether oxygens (including phenoxy) is 1. The van der Waals surface area contributed by atoms with Gasteiger partial charge in [-0.1, -0.05) is 43.2 Å². The highest BCUT2D eigenvalue weighted by molar-refractivity contribution is 6.40. The van der Waals surface area contributed by atoms with Gasteiger partial charge in [0.05, 0.1) is 6.61 Å². The quantitative estimate of drug-likeness (QED) is 0.358. The van der Waals surface area contributed by atoms with Gasteiger partial charge in [0.1, 0.15) is 5.54 Å². The van der Waals surface area contributed by atoms with E-state index in [2.05, 4.69) is 0 Å². The Balaban J connectivity index is 2.31. The zero-order valence-corrected chi connectivity index (χ0v) is 12.6. The third kappa shape index (κ3) is 7.04. The van der Waals surface area contributed by atoms with Crippen molar-refractivity contribution < 1.29 is 24.7 Å². The van der Waals surface area contributed by atoms with Crippen molar-refractivity contribution in [2.45, 2.75) is 44.1 Å². The van der Waals surface area contributed by atoms with Crippen LogP contribution in [-0.2, 0) is 16.1 Å². The van der Waals surface area contributed by atoms with E-state index in [9.17, 15) is 9.90 Å². The number of rotatable bonds is 11. The van der Waals surface area contributed by atoms with Gasteiger partial charge in [0.15, 0.2) is 0 Å². The maximum Gasteiger partial charge on any atom is 0.451 e. The van der Waals surface area contributed by atoms with Crippen molar-refractivity contribution in [3.8, 4) is 0 Å². The van der Waals surface area contributed by atoms with E-state index in [-0.39, 0.29) is 25.8 Å². The molecule has 0 heterocycles. The number of carboxylic acids is 1. The zero-order chi connectivity index (χ0) is 16.4. The van der Waals surface area contributed by atoms with Crippen molar-refractivity contribution in [1.29, 1.82) is 0 Å². The molecule has 1 atom stereocenters. The number of hydrogen-bond donors (Lipinski definition) is 4. The molecule has 0 spiro atoms. The van der Waals surface area contributed by atoms with E-state index >= 15 is 0 Å². The average Bonchev–Trinajstić information content (AvgIpc) is 2.49. The minimum Gasteiger partial charge on any atom is -0.480 e. The Bertz CT molecular complexity index is 443. The molecule has 0 saturated carbocycles. The van der Waals surface area contributed by atoms with Gasteiger partial charge in [-0.25, -0.2) is 0 Å². The number of carbonyl (C=O) groups is 1. The third-order valence-corrected chi connectivity index (χ3v) is 3.57. The second-order valence-electron chi connectivity index (χ2n) is 5.48. The van der Waals surface area contributed by atoms with E-state index in [1.807, 2.05) is 30.3 Å². The van der Waals surface area contributed by atoms with Crippen LogP contribution in [0.2, 0.25) is 6.32 Å². The fourth-order valence-electron chi connectivity index (χ4n) is 2.12. The first kappa shape index (κ1) is 18.6. The lowest BCUT2D eigenvalue weighted by Gasteiger charge is -2.24. The number of benzene rings is 1. The lowest BCUT2D eigenvalue weighted by atomic mass is 9.81. The molecule has 1 aromatic rings. The smallest absolute Gasteiger partial charge is 0.451 e. The van der Waals surface area contributed by atoms with Gasteiger partial charge in [-0.05, 0) is 24.7 Å². The molecule has 122 valence electrons. The van der Waals surface area contributed by atoms with Crippen LogP contribution in [0.5, 0.6) is 0 Å². The molecule has 0 radical (unpaired) electrons. The molecule has 0 amide bonds. The van der Waals surface area contributed by atoms with Crippen LogP contribution in [0.1, 0.15) is 31.2 Å². The largest absolute Gasteiger partial charge is 0.480 e. The van der Waals surface area contributed by atoms with Gasteiger partial charge in [-0.3, -0.25) is 4.79 Å². The number of hydrogen-bond acceptors (Lipinski definition) is 5. The van der Waals surface area contributed by atoms with Crippen molar-refractivity contribution in [1.82, 2.24) is 0 Å². The van der Waals surface area contributed by atoms with Gasteiger partial charge in [-0.15, -0.1) is 0 Å². The lowest BCUT2D eigenvalue weighted by molar-refractivity contribution is -0.144. The molecule has 22 heavy (non-hydrogen) atoms. The predicted octanol–water partition coefficient (Wildman–Crippen LogP) is 1.02. The summed E-state index contributed by atoms with van der Waals surface area (Å²) in [5.74, 6) is -1.06. The molecular formula is C15H24BNO5. The van der Waals surface area contributed by atoms with Crippen LogP contribution in [0.3, 0.4) is 0 Å². The first-order valence-corrected chi connectivity index (χ1v) is 7.44. The number of aliphatic carboxylic acids is 1. The van der Waals surface area contributed by atoms with E-state index in [0.717, 1.165) is 5.56 Å². The molecule has 0 fully saturated rings. The van der Waals surface area contributed by atoms with Crippen molar-refractivity contribution in [3.63, 3.8) is 0 Å². The van der Waals surface area contributed by atoms with Crippen LogP contribution in [0.4, 0.5) is 0 Å². The first-order chi connectivity index (χ1) is 10.4. The van der Waals surface area contributed by atoms with Gasteiger partial charge in [-0.2, -0.15) is 0 Å². The molecular weight excluding hydrogens is 285 g/mol. The zero-order valence-electron chi connectivity index (χ0n) is 12.6. The Morgan fingerprint density at radius 3 is 2.45 bits per heavy atom. The molecule has 0 aliphatic carbocycles. The summed E-state index contributed by atoms with van der Waals surface area (Å²) >= 11 is 0. The molecule has 0 saturated heterocycles. The molecule has 1 unspecified atom stereocenters. The van der Waals surface area contributed by atoms with Gasteiger partial charge in [0.25, 0.3) is 0 Å². The Morgan fingerprint density at radius 1 is 1.18 bits per heavy atom. The van der Waals surface area contributed by atoms with E-state index in [0.29, 0.717) is 19.4 Å². The minimum absolute atomic E-state index is 0.219. The summed E-state index contributed by atoms with van der Waals surface area (Å²) in [6, 6.07) is 9.62. The van der Waals surface area contributed by atoms with E-state index in [1.54, 1.807) is 0 Å². The van der Waals surface area contributed by atoms with E-state index < -0.39 is 18.6 Å². The lowest BCUT2D eigenvalue weighted by Crippen LogP contribution is -2.48. The fourth-order valence-corrected chi connectivity index (χ4v) is 2.12. The summed E-state index contributed by atoms with van der Waals surface area (Å²) < 4.78 is 5.49. The summed E-state index contributed by atoms with van der Waals surface area (Å²) in [4.78, 5) is 11.3. The number of unbranched alkanes of at least 4 members (excludes halogenated alkanes) is 1. The molecule has 0 aliphatic rings. The fraction of sp³-hybridized carbons (Fsp3) is 0.533. The Labute approximate surface area is 131 Å². The highest BCUT2D eigenvalue weighted by Crippen LogP contribution is 2.18. The van der Waals surface area contributed by atoms with Crippen molar-refractivity contribution >= 4 is 13.1 Å². The van der Waals surface area contributed by atoms with Gasteiger partial charge in [0.2, 0.25) is 0 Å². The number of carboxylic acid groups (broad SMARTS) is 1. The summed E-state index contributed by atoms with van der Waals surface area (Å²) in [6.45, 7) is 0.688. The highest BCUT2D eigenvalue weighted by Gasteiger charge is 2.33. The van der Waals surface area contributed by atoms with Crippen LogP contribution in [0.25, 0.3) is 0 Å². The summed E-state index contributed by atoms with van der Waals surface area (Å²) in [5, 5.41) is 26.8. The Morgan fingerprint density at radius 2 is 1.86 bits per heavy atom. The maximum atomic E-state index is 11.3. The highest BCUT2D eigenvalue weighted by atomic mass is 16.5. The second kappa shape index (κ2) is 9.58. The topological polar surface area (TPSA) is 113 Å². The van der Waals surface area contributed by atoms with E-state index in [4.69, 9.17) is 20.5 Å². The van der Waals surface area contributed by atoms with Crippen molar-refractivity contribution in [2.75, 3.05) is 6.61 Å². The molecule has 5 N–H and O–H groups in total. The van der Waals surface area contributed by atoms with Crippen LogP contribution in [0.15, 0.2) is 30.3 Å². The molecule has 0 aromatic heterocycles. The van der Waals surface area contributed by atoms with Crippen LogP contribution >= 0.6 is 0 Å². The van der Waals surface area contributed by atoms with Gasteiger partial charge in [0, 0.05) is 6.61 Å². The Kier molecular flexibility index (Phi) is 8.12. The van der Waals surface area contributed by atoms with Gasteiger partial charge >= 0.3 is 13.1 Å². The Hall–Kier alpha value is -1.41. The van der Waals surface area contributed by atoms with Crippen LogP contribution in [-0.4, -0.2) is 40.4 Å².